The molecule has 1 rings (SSSR count). The van der Waals surface area contributed by atoms with Crippen LogP contribution in [0.4, 0.5) is 0 Å². The summed E-state index contributed by atoms with van der Waals surface area (Å²) in [6.45, 7) is 2.02. The first kappa shape index (κ1) is 14.4. The molecule has 0 atom stereocenters. The summed E-state index contributed by atoms with van der Waals surface area (Å²) in [7, 11) is -3.28. The van der Waals surface area contributed by atoms with Gasteiger partial charge in [0.05, 0.1) is 6.26 Å². The molecule has 0 aliphatic heterocycles. The van der Waals surface area contributed by atoms with Gasteiger partial charge in [-0.2, -0.15) is 0 Å². The van der Waals surface area contributed by atoms with Crippen molar-refractivity contribution in [3.8, 4) is 0 Å². The summed E-state index contributed by atoms with van der Waals surface area (Å²) in [6, 6.07) is 1.21. The van der Waals surface area contributed by atoms with Crippen LogP contribution in [-0.4, -0.2) is 36.9 Å². The average Bonchev–Trinajstić information content (AvgIpc) is 2.18. The van der Waals surface area contributed by atoms with Gasteiger partial charge in [0.25, 0.3) is 0 Å². The maximum absolute atomic E-state index is 11.4. The molecule has 0 aliphatic carbocycles. The monoisotopic (exact) mass is 274 g/mol. The number of aryl methyl sites for hydroxylation is 1. The first-order valence-electron chi connectivity index (χ1n) is 5.10. The predicted octanol–water partition coefficient (Wildman–Crippen LogP) is -0.596. The minimum atomic E-state index is -3.28. The highest BCUT2D eigenvalue weighted by atomic mass is 32.2. The molecular formula is C10H14N2O5S. The number of hydrogen-bond donors (Lipinski definition) is 2. The maximum Gasteiger partial charge on any atom is 0.341 e. The lowest BCUT2D eigenvalue weighted by atomic mass is 10.2. The summed E-state index contributed by atoms with van der Waals surface area (Å²) >= 11 is 0. The summed E-state index contributed by atoms with van der Waals surface area (Å²) < 4.78 is 25.5. The van der Waals surface area contributed by atoms with E-state index in [1.54, 1.807) is 6.92 Å². The summed E-state index contributed by atoms with van der Waals surface area (Å²) in [5.41, 5.74) is -0.326. The number of rotatable bonds is 5. The Morgan fingerprint density at radius 1 is 1.50 bits per heavy atom. The molecule has 0 saturated carbocycles. The first-order valence-corrected chi connectivity index (χ1v) is 6.99. The van der Waals surface area contributed by atoms with Crippen LogP contribution in [0.25, 0.3) is 0 Å². The zero-order valence-corrected chi connectivity index (χ0v) is 10.8. The number of aromatic nitrogens is 1. The van der Waals surface area contributed by atoms with E-state index in [9.17, 15) is 18.0 Å². The molecule has 0 unspecified atom stereocenters. The van der Waals surface area contributed by atoms with Crippen molar-refractivity contribution < 1.29 is 18.3 Å². The summed E-state index contributed by atoms with van der Waals surface area (Å²) in [4.78, 5) is 22.2. The zero-order chi connectivity index (χ0) is 13.9. The van der Waals surface area contributed by atoms with Crippen molar-refractivity contribution in [2.75, 3.05) is 12.8 Å². The zero-order valence-electron chi connectivity index (χ0n) is 10.0. The third-order valence-electron chi connectivity index (χ3n) is 2.29. The Hall–Kier alpha value is -1.67. The Morgan fingerprint density at radius 2 is 2.11 bits per heavy atom. The van der Waals surface area contributed by atoms with Crippen LogP contribution in [0.15, 0.2) is 17.1 Å². The van der Waals surface area contributed by atoms with E-state index in [-0.39, 0.29) is 18.7 Å². The van der Waals surface area contributed by atoms with Gasteiger partial charge in [0.1, 0.15) is 5.56 Å². The van der Waals surface area contributed by atoms with Gasteiger partial charge in [-0.15, -0.1) is 0 Å². The molecule has 0 spiro atoms. The van der Waals surface area contributed by atoms with Crippen LogP contribution in [0, 0.1) is 6.92 Å². The van der Waals surface area contributed by atoms with Gasteiger partial charge in [0.2, 0.25) is 10.0 Å². The Bertz CT molecular complexity index is 618. The molecule has 0 aliphatic rings. The lowest BCUT2D eigenvalue weighted by Gasteiger charge is -2.11. The smallest absolute Gasteiger partial charge is 0.341 e. The van der Waals surface area contributed by atoms with E-state index in [1.807, 2.05) is 0 Å². The third kappa shape index (κ3) is 3.97. The topological polar surface area (TPSA) is 105 Å². The second-order valence-electron chi connectivity index (χ2n) is 3.86. The Morgan fingerprint density at radius 3 is 2.61 bits per heavy atom. The molecule has 1 aromatic heterocycles. The maximum atomic E-state index is 11.4. The van der Waals surface area contributed by atoms with Gasteiger partial charge >= 0.3 is 5.97 Å². The van der Waals surface area contributed by atoms with Gasteiger partial charge in [-0.1, -0.05) is 0 Å². The highest BCUT2D eigenvalue weighted by Crippen LogP contribution is 1.99. The number of nitrogens with zero attached hydrogens (tertiary/aromatic N) is 1. The van der Waals surface area contributed by atoms with Gasteiger partial charge in [0.15, 0.2) is 5.43 Å². The van der Waals surface area contributed by atoms with Gasteiger partial charge < -0.3 is 9.67 Å². The molecule has 0 fully saturated rings. The van der Waals surface area contributed by atoms with Crippen LogP contribution < -0.4 is 10.2 Å². The minimum Gasteiger partial charge on any atom is -0.477 e. The number of pyridine rings is 1. The number of hydrogen-bond acceptors (Lipinski definition) is 4. The number of carbonyl (C=O) groups is 1. The number of carboxylic acid groups (broad SMARTS) is 1. The molecule has 0 radical (unpaired) electrons. The summed E-state index contributed by atoms with van der Waals surface area (Å²) in [6.07, 6.45) is 2.25. The van der Waals surface area contributed by atoms with Crippen molar-refractivity contribution in [2.45, 2.75) is 13.5 Å². The van der Waals surface area contributed by atoms with Gasteiger partial charge in [0, 0.05) is 31.0 Å². The van der Waals surface area contributed by atoms with E-state index in [1.165, 1.54) is 16.8 Å². The normalized spacial score (nSPS) is 11.4. The Kier molecular flexibility index (Phi) is 4.25. The molecular weight excluding hydrogens is 260 g/mol. The standard InChI is InChI=1S/C10H14N2O5S/c1-7-5-9(13)8(10(14)15)6-12(7)4-3-11-18(2,16)17/h5-6,11H,3-4H2,1-2H3,(H,14,15). The van der Waals surface area contributed by atoms with Crippen molar-refractivity contribution in [1.29, 1.82) is 0 Å². The first-order chi connectivity index (χ1) is 8.20. The van der Waals surface area contributed by atoms with E-state index in [0.717, 1.165) is 6.26 Å². The third-order valence-corrected chi connectivity index (χ3v) is 3.02. The molecule has 0 bridgehead atoms. The molecule has 8 heteroatoms. The van der Waals surface area contributed by atoms with Crippen LogP contribution in [0.3, 0.4) is 0 Å². The van der Waals surface area contributed by atoms with Crippen molar-refractivity contribution in [3.63, 3.8) is 0 Å². The highest BCUT2D eigenvalue weighted by Gasteiger charge is 2.10. The van der Waals surface area contributed by atoms with Crippen LogP contribution in [0.1, 0.15) is 16.1 Å². The minimum absolute atomic E-state index is 0.127. The lowest BCUT2D eigenvalue weighted by Crippen LogP contribution is -2.27. The van der Waals surface area contributed by atoms with Crippen LogP contribution in [0.2, 0.25) is 0 Å². The molecule has 0 amide bonds. The van der Waals surface area contributed by atoms with Gasteiger partial charge in [-0.3, -0.25) is 4.79 Å². The lowest BCUT2D eigenvalue weighted by molar-refractivity contribution is 0.0694. The van der Waals surface area contributed by atoms with E-state index in [4.69, 9.17) is 5.11 Å². The Labute approximate surface area is 104 Å². The molecule has 1 heterocycles. The fraction of sp³-hybridized carbons (Fsp3) is 0.400. The second-order valence-corrected chi connectivity index (χ2v) is 5.69. The van der Waals surface area contributed by atoms with Crippen molar-refractivity contribution in [3.05, 3.63) is 33.7 Å². The largest absolute Gasteiger partial charge is 0.477 e. The molecule has 100 valence electrons. The second kappa shape index (κ2) is 5.32. The number of nitrogens with one attached hydrogen (secondary N) is 1. The highest BCUT2D eigenvalue weighted by molar-refractivity contribution is 7.88. The van der Waals surface area contributed by atoms with Gasteiger partial charge in [-0.25, -0.2) is 17.9 Å². The molecule has 7 nitrogen and oxygen atoms in total. The molecule has 0 aromatic carbocycles. The molecule has 2 N–H and O–H groups in total. The molecule has 18 heavy (non-hydrogen) atoms. The van der Waals surface area contributed by atoms with Crippen LogP contribution in [0.5, 0.6) is 0 Å². The van der Waals surface area contributed by atoms with E-state index in [0.29, 0.717) is 5.69 Å². The SMILES string of the molecule is Cc1cc(=O)c(C(=O)O)cn1CCNS(C)(=O)=O. The number of carboxylic acids is 1. The fourth-order valence-corrected chi connectivity index (χ4v) is 1.89. The van der Waals surface area contributed by atoms with Gasteiger partial charge in [-0.05, 0) is 6.92 Å². The average molecular weight is 274 g/mol. The van der Waals surface area contributed by atoms with E-state index < -0.39 is 21.4 Å². The summed E-state index contributed by atoms with van der Waals surface area (Å²) in [5, 5.41) is 8.81. The van der Waals surface area contributed by atoms with Crippen molar-refractivity contribution in [2.24, 2.45) is 0 Å². The van der Waals surface area contributed by atoms with Crippen molar-refractivity contribution in [1.82, 2.24) is 9.29 Å². The Balaban J connectivity index is 2.93. The fourth-order valence-electron chi connectivity index (χ4n) is 1.42. The van der Waals surface area contributed by atoms with Crippen molar-refractivity contribution >= 4 is 16.0 Å². The van der Waals surface area contributed by atoms with E-state index in [2.05, 4.69) is 4.72 Å². The molecule has 1 aromatic rings. The number of sulfonamides is 1. The van der Waals surface area contributed by atoms with Crippen LogP contribution in [-0.2, 0) is 16.6 Å². The summed E-state index contributed by atoms with van der Waals surface area (Å²) in [5.74, 6) is -1.30. The quantitative estimate of drug-likeness (QED) is 0.746. The van der Waals surface area contributed by atoms with Crippen LogP contribution >= 0.6 is 0 Å². The molecule has 0 saturated heterocycles. The van der Waals surface area contributed by atoms with E-state index >= 15 is 0 Å². The predicted molar refractivity (Wildman–Crippen MR) is 65.2 cm³/mol. The number of aromatic carboxylic acids is 1.